The maximum absolute atomic E-state index is 3.53. The fourth-order valence-corrected chi connectivity index (χ4v) is 1.66. The van der Waals surface area contributed by atoms with Crippen molar-refractivity contribution in [3.63, 3.8) is 0 Å². The summed E-state index contributed by atoms with van der Waals surface area (Å²) in [5.74, 6) is 1.92. The molecule has 0 aromatic heterocycles. The molecule has 0 unspecified atom stereocenters. The molecule has 1 N–H and O–H groups in total. The van der Waals surface area contributed by atoms with Gasteiger partial charge in [-0.15, -0.1) is 0 Å². The van der Waals surface area contributed by atoms with Crippen LogP contribution in [0.2, 0.25) is 0 Å². The molecule has 2 rings (SSSR count). The molecule has 2 atom stereocenters. The molecule has 1 aliphatic carbocycles. The van der Waals surface area contributed by atoms with E-state index >= 15 is 0 Å². The Labute approximate surface area is 56.8 Å². The summed E-state index contributed by atoms with van der Waals surface area (Å²) in [5, 5.41) is 3.53. The van der Waals surface area contributed by atoms with E-state index in [1.54, 1.807) is 0 Å². The molecule has 0 aromatic carbocycles. The zero-order chi connectivity index (χ0) is 6.43. The van der Waals surface area contributed by atoms with Crippen molar-refractivity contribution in [1.82, 2.24) is 5.32 Å². The van der Waals surface area contributed by atoms with Crippen molar-refractivity contribution in [2.45, 2.75) is 38.8 Å². The first kappa shape index (κ1) is 5.72. The average molecular weight is 125 g/mol. The van der Waals surface area contributed by atoms with Crippen molar-refractivity contribution < 1.29 is 0 Å². The second kappa shape index (κ2) is 1.72. The average Bonchev–Trinajstić information content (AvgIpc) is 2.60. The zero-order valence-corrected chi connectivity index (χ0v) is 6.22. The lowest BCUT2D eigenvalue weighted by atomic mass is 10.1. The van der Waals surface area contributed by atoms with Crippen LogP contribution in [0.25, 0.3) is 0 Å². The number of rotatable bonds is 2. The highest BCUT2D eigenvalue weighted by Gasteiger charge is 2.47. The van der Waals surface area contributed by atoms with Crippen molar-refractivity contribution in [3.8, 4) is 0 Å². The molecule has 2 aliphatic rings. The molecule has 1 heteroatoms. The fraction of sp³-hybridized carbons (Fsp3) is 1.00. The van der Waals surface area contributed by atoms with Gasteiger partial charge >= 0.3 is 0 Å². The third kappa shape index (κ3) is 0.983. The quantitative estimate of drug-likeness (QED) is 0.553. The predicted octanol–water partition coefficient (Wildman–Crippen LogP) is 1.39. The molecule has 1 saturated heterocycles. The van der Waals surface area contributed by atoms with Gasteiger partial charge in [0.25, 0.3) is 0 Å². The summed E-state index contributed by atoms with van der Waals surface area (Å²) < 4.78 is 0. The van der Waals surface area contributed by atoms with E-state index in [-0.39, 0.29) is 0 Å². The molecule has 9 heavy (non-hydrogen) atoms. The molecule has 0 spiro atoms. The minimum atomic E-state index is 0.857. The van der Waals surface area contributed by atoms with Crippen molar-refractivity contribution in [2.24, 2.45) is 11.8 Å². The monoisotopic (exact) mass is 125 g/mol. The van der Waals surface area contributed by atoms with Crippen LogP contribution in [0.1, 0.15) is 26.7 Å². The molecule has 0 bridgehead atoms. The molecule has 0 aromatic rings. The fourth-order valence-electron chi connectivity index (χ4n) is 1.66. The maximum Gasteiger partial charge on any atom is 0.0255 e. The first-order chi connectivity index (χ1) is 4.29. The Morgan fingerprint density at radius 2 is 2.00 bits per heavy atom. The van der Waals surface area contributed by atoms with Crippen LogP contribution in [-0.4, -0.2) is 12.1 Å². The van der Waals surface area contributed by atoms with Crippen LogP contribution >= 0.6 is 0 Å². The molecule has 1 heterocycles. The summed E-state index contributed by atoms with van der Waals surface area (Å²) in [4.78, 5) is 0. The van der Waals surface area contributed by atoms with Gasteiger partial charge < -0.3 is 5.32 Å². The predicted molar refractivity (Wildman–Crippen MR) is 38.3 cm³/mol. The van der Waals surface area contributed by atoms with E-state index < -0.39 is 0 Å². The Kier molecular flexibility index (Phi) is 1.10. The molecule has 0 amide bonds. The number of hydrogen-bond donors (Lipinski definition) is 1. The van der Waals surface area contributed by atoms with Gasteiger partial charge in [0, 0.05) is 12.1 Å². The Balaban J connectivity index is 1.81. The van der Waals surface area contributed by atoms with Gasteiger partial charge in [0.05, 0.1) is 0 Å². The molecular formula is C8H15N. The second-order valence-corrected chi connectivity index (χ2v) is 3.80. The largest absolute Gasteiger partial charge is 0.308 e. The van der Waals surface area contributed by atoms with Crippen LogP contribution in [0.4, 0.5) is 0 Å². The summed E-state index contributed by atoms with van der Waals surface area (Å²) in [5.41, 5.74) is 0. The van der Waals surface area contributed by atoms with Crippen LogP contribution in [-0.2, 0) is 0 Å². The van der Waals surface area contributed by atoms with Gasteiger partial charge in [-0.3, -0.25) is 0 Å². The first-order valence-corrected chi connectivity index (χ1v) is 4.05. The van der Waals surface area contributed by atoms with E-state index in [0.717, 1.165) is 23.9 Å². The van der Waals surface area contributed by atoms with Gasteiger partial charge in [-0.2, -0.15) is 0 Å². The number of hydrogen-bond acceptors (Lipinski definition) is 1. The third-order valence-electron chi connectivity index (χ3n) is 2.51. The lowest BCUT2D eigenvalue weighted by Gasteiger charge is -1.97. The standard InChI is InChI=1S/C8H15N/c1-5(2)7-8(9-7)6-3-4-6/h5-9H,3-4H2,1-2H3/t7-,8-/m0/s1. The summed E-state index contributed by atoms with van der Waals surface area (Å²) in [6, 6.07) is 1.79. The van der Waals surface area contributed by atoms with Crippen molar-refractivity contribution in [1.29, 1.82) is 0 Å². The minimum absolute atomic E-state index is 0.857. The topological polar surface area (TPSA) is 21.9 Å². The molecule has 2 fully saturated rings. The summed E-state index contributed by atoms with van der Waals surface area (Å²) >= 11 is 0. The molecular weight excluding hydrogens is 110 g/mol. The highest BCUT2D eigenvalue weighted by atomic mass is 15.2. The molecule has 0 radical (unpaired) electrons. The first-order valence-electron chi connectivity index (χ1n) is 4.05. The lowest BCUT2D eigenvalue weighted by molar-refractivity contribution is 0.602. The number of nitrogens with one attached hydrogen (secondary N) is 1. The summed E-state index contributed by atoms with van der Waals surface area (Å²) in [7, 11) is 0. The van der Waals surface area contributed by atoms with Gasteiger partial charge in [-0.1, -0.05) is 13.8 Å². The second-order valence-electron chi connectivity index (χ2n) is 3.80. The summed E-state index contributed by atoms with van der Waals surface area (Å²) in [6.45, 7) is 4.61. The lowest BCUT2D eigenvalue weighted by Crippen LogP contribution is -2.03. The third-order valence-corrected chi connectivity index (χ3v) is 2.51. The Hall–Kier alpha value is -0.0400. The van der Waals surface area contributed by atoms with Gasteiger partial charge in [0.1, 0.15) is 0 Å². The van der Waals surface area contributed by atoms with Gasteiger partial charge in [-0.05, 0) is 24.7 Å². The zero-order valence-electron chi connectivity index (χ0n) is 6.22. The van der Waals surface area contributed by atoms with Crippen LogP contribution in [0.3, 0.4) is 0 Å². The summed E-state index contributed by atoms with van der Waals surface area (Å²) in [6.07, 6.45) is 2.97. The normalized spacial score (nSPS) is 41.7. The Morgan fingerprint density at radius 3 is 2.33 bits per heavy atom. The molecule has 1 aliphatic heterocycles. The highest BCUT2D eigenvalue weighted by Crippen LogP contribution is 2.41. The van der Waals surface area contributed by atoms with E-state index in [1.807, 2.05) is 0 Å². The van der Waals surface area contributed by atoms with Crippen LogP contribution in [0, 0.1) is 11.8 Å². The molecule has 1 saturated carbocycles. The highest BCUT2D eigenvalue weighted by molar-refractivity contribution is 5.07. The van der Waals surface area contributed by atoms with Crippen molar-refractivity contribution >= 4 is 0 Å². The van der Waals surface area contributed by atoms with E-state index in [0.29, 0.717) is 0 Å². The Bertz CT molecular complexity index is 110. The van der Waals surface area contributed by atoms with E-state index in [9.17, 15) is 0 Å². The maximum atomic E-state index is 3.53. The Morgan fingerprint density at radius 1 is 1.33 bits per heavy atom. The molecule has 1 nitrogen and oxygen atoms in total. The smallest absolute Gasteiger partial charge is 0.0255 e. The van der Waals surface area contributed by atoms with Crippen molar-refractivity contribution in [3.05, 3.63) is 0 Å². The van der Waals surface area contributed by atoms with Crippen LogP contribution in [0.15, 0.2) is 0 Å². The van der Waals surface area contributed by atoms with E-state index in [1.165, 1.54) is 12.8 Å². The van der Waals surface area contributed by atoms with Gasteiger partial charge in [0.15, 0.2) is 0 Å². The van der Waals surface area contributed by atoms with Gasteiger partial charge in [0.2, 0.25) is 0 Å². The van der Waals surface area contributed by atoms with Gasteiger partial charge in [-0.25, -0.2) is 0 Å². The van der Waals surface area contributed by atoms with E-state index in [2.05, 4.69) is 19.2 Å². The van der Waals surface area contributed by atoms with Crippen LogP contribution in [0.5, 0.6) is 0 Å². The SMILES string of the molecule is CC(C)[C@@H]1N[C@H]1C1CC1. The van der Waals surface area contributed by atoms with Crippen molar-refractivity contribution in [2.75, 3.05) is 0 Å². The molecule has 52 valence electrons. The minimum Gasteiger partial charge on any atom is -0.308 e. The van der Waals surface area contributed by atoms with Crippen LogP contribution < -0.4 is 5.32 Å². The van der Waals surface area contributed by atoms with E-state index in [4.69, 9.17) is 0 Å².